The lowest BCUT2D eigenvalue weighted by atomic mass is 9.87. The van der Waals surface area contributed by atoms with Gasteiger partial charge in [-0.25, -0.2) is 4.83 Å². The molecule has 0 aliphatic carbocycles. The molecule has 1 unspecified atom stereocenters. The van der Waals surface area contributed by atoms with E-state index in [4.69, 9.17) is 14.2 Å². The van der Waals surface area contributed by atoms with Crippen molar-refractivity contribution in [1.82, 2.24) is 4.83 Å². The number of hydrazone groups is 1. The maximum atomic E-state index is 12.8. The minimum absolute atomic E-state index is 0.00735. The van der Waals surface area contributed by atoms with Gasteiger partial charge in [-0.05, 0) is 89.5 Å². The molecule has 41 heavy (non-hydrogen) atoms. The van der Waals surface area contributed by atoms with Crippen molar-refractivity contribution in [3.8, 4) is 0 Å². The lowest BCUT2D eigenvalue weighted by Crippen LogP contribution is -2.43. The van der Waals surface area contributed by atoms with E-state index in [1.54, 1.807) is 24.3 Å². The molecule has 228 valence electrons. The van der Waals surface area contributed by atoms with E-state index in [-0.39, 0.29) is 29.4 Å². The molecule has 9 nitrogen and oxygen atoms in total. The maximum Gasteiger partial charge on any atom is 0.303 e. The molecule has 1 aromatic carbocycles. The fourth-order valence-corrected chi connectivity index (χ4v) is 5.42. The first-order chi connectivity index (χ1) is 19.2. The van der Waals surface area contributed by atoms with Gasteiger partial charge in [0, 0.05) is 26.0 Å². The molecular formula is C31H46N2O7S. The minimum atomic E-state index is -3.79. The van der Waals surface area contributed by atoms with Crippen LogP contribution in [0.4, 0.5) is 0 Å². The quantitative estimate of drug-likeness (QED) is 0.134. The van der Waals surface area contributed by atoms with Crippen LogP contribution >= 0.6 is 0 Å². The lowest BCUT2D eigenvalue weighted by Gasteiger charge is -2.35. The Hall–Kier alpha value is -2.98. The number of benzene rings is 1. The zero-order valence-electron chi connectivity index (χ0n) is 25.5. The van der Waals surface area contributed by atoms with Crippen LogP contribution in [0.25, 0.3) is 0 Å². The number of ether oxygens (including phenoxy) is 3. The van der Waals surface area contributed by atoms with Gasteiger partial charge in [0.25, 0.3) is 10.0 Å². The number of sulfonamides is 1. The number of allylic oxidation sites excluding steroid dienone is 2. The third kappa shape index (κ3) is 11.8. The SMILES string of the molecule is CC(=O)OC/C=C1\CC[C@@H](OC(C)=O)[C@](C)(CCCC(C)/C(CC=C(C)C)=N\NS(=O)(=O)c2ccc(C)cc2)OC1. The summed E-state index contributed by atoms with van der Waals surface area (Å²) in [6.07, 6.45) is 7.39. The molecule has 10 heteroatoms. The number of nitrogens with zero attached hydrogens (tertiary/aromatic N) is 1. The number of hydrogen-bond acceptors (Lipinski definition) is 8. The Balaban J connectivity index is 2.13. The van der Waals surface area contributed by atoms with Crippen molar-refractivity contribution in [2.75, 3.05) is 13.2 Å². The van der Waals surface area contributed by atoms with E-state index < -0.39 is 21.7 Å². The molecule has 0 saturated carbocycles. The van der Waals surface area contributed by atoms with Crippen molar-refractivity contribution < 1.29 is 32.2 Å². The van der Waals surface area contributed by atoms with E-state index in [1.165, 1.54) is 13.8 Å². The van der Waals surface area contributed by atoms with Gasteiger partial charge in [-0.1, -0.05) is 36.3 Å². The summed E-state index contributed by atoms with van der Waals surface area (Å²) in [5, 5.41) is 4.36. The van der Waals surface area contributed by atoms with E-state index in [1.807, 2.05) is 46.8 Å². The molecule has 0 spiro atoms. The summed E-state index contributed by atoms with van der Waals surface area (Å²) in [5.74, 6) is -0.710. The Kier molecular flexibility index (Phi) is 13.2. The van der Waals surface area contributed by atoms with Crippen LogP contribution in [0.5, 0.6) is 0 Å². The minimum Gasteiger partial charge on any atom is -0.462 e. The fraction of sp³-hybridized carbons (Fsp3) is 0.581. The first kappa shape index (κ1) is 34.2. The monoisotopic (exact) mass is 590 g/mol. The lowest BCUT2D eigenvalue weighted by molar-refractivity contribution is -0.167. The summed E-state index contributed by atoms with van der Waals surface area (Å²) in [6, 6.07) is 6.64. The molecule has 2 rings (SSSR count). The molecular weight excluding hydrogens is 544 g/mol. The van der Waals surface area contributed by atoms with E-state index in [0.717, 1.165) is 35.3 Å². The van der Waals surface area contributed by atoms with Crippen LogP contribution in [0.3, 0.4) is 0 Å². The largest absolute Gasteiger partial charge is 0.462 e. The van der Waals surface area contributed by atoms with Crippen molar-refractivity contribution >= 4 is 27.7 Å². The zero-order chi connectivity index (χ0) is 30.6. The van der Waals surface area contributed by atoms with E-state index in [0.29, 0.717) is 32.3 Å². The first-order valence-corrected chi connectivity index (χ1v) is 15.6. The Morgan fingerprint density at radius 2 is 1.85 bits per heavy atom. The molecule has 1 aromatic rings. The Labute approximate surface area is 245 Å². The summed E-state index contributed by atoms with van der Waals surface area (Å²) < 4.78 is 42.7. The first-order valence-electron chi connectivity index (χ1n) is 14.1. The second-order valence-electron chi connectivity index (χ2n) is 11.2. The van der Waals surface area contributed by atoms with Crippen LogP contribution in [-0.4, -0.2) is 51.0 Å². The van der Waals surface area contributed by atoms with Gasteiger partial charge in [0.15, 0.2) is 0 Å². The highest BCUT2D eigenvalue weighted by molar-refractivity contribution is 7.89. The molecule has 1 N–H and O–H groups in total. The molecule has 1 fully saturated rings. The van der Waals surface area contributed by atoms with Crippen LogP contribution in [0.1, 0.15) is 85.6 Å². The number of nitrogens with one attached hydrogen (secondary N) is 1. The summed E-state index contributed by atoms with van der Waals surface area (Å²) in [7, 11) is -3.79. The highest BCUT2D eigenvalue weighted by Gasteiger charge is 2.39. The number of carbonyl (C=O) groups excluding carboxylic acids is 2. The molecule has 1 saturated heterocycles. The molecule has 0 aromatic heterocycles. The smallest absolute Gasteiger partial charge is 0.303 e. The molecule has 1 aliphatic rings. The van der Waals surface area contributed by atoms with Gasteiger partial charge in [0.2, 0.25) is 0 Å². The van der Waals surface area contributed by atoms with Gasteiger partial charge in [-0.3, -0.25) is 9.59 Å². The van der Waals surface area contributed by atoms with Gasteiger partial charge in [0.1, 0.15) is 18.3 Å². The zero-order valence-corrected chi connectivity index (χ0v) is 26.3. The van der Waals surface area contributed by atoms with E-state index in [2.05, 4.69) is 9.93 Å². The van der Waals surface area contributed by atoms with Gasteiger partial charge < -0.3 is 14.2 Å². The number of carbonyl (C=O) groups is 2. The molecule has 1 aliphatic heterocycles. The summed E-state index contributed by atoms with van der Waals surface area (Å²) >= 11 is 0. The normalized spacial score (nSPS) is 21.5. The molecule has 1 heterocycles. The average Bonchev–Trinajstić information content (AvgIpc) is 3.02. The number of esters is 2. The standard InChI is InChI=1S/C31H46N2O7S/c1-22(2)10-16-29(32-33-41(36,37)28-14-11-23(3)12-15-28)24(4)9-8-19-31(7)30(40-26(6)35)17-13-27(21-39-31)18-20-38-25(5)34/h10-12,14-15,18,24,30,33H,8-9,13,16-17,19-21H2,1-7H3/b27-18+,32-29-/t24?,30-,31+/m1/s1. The fourth-order valence-electron chi connectivity index (χ4n) is 4.58. The molecule has 0 radical (unpaired) electrons. The molecule has 3 atom stereocenters. The van der Waals surface area contributed by atoms with Crippen LogP contribution in [0.15, 0.2) is 57.6 Å². The van der Waals surface area contributed by atoms with Crippen molar-refractivity contribution in [3.05, 3.63) is 53.1 Å². The summed E-state index contributed by atoms with van der Waals surface area (Å²) in [5.41, 5.74) is 3.12. The molecule has 0 bridgehead atoms. The summed E-state index contributed by atoms with van der Waals surface area (Å²) in [4.78, 5) is 25.6. The second kappa shape index (κ2) is 15.9. The van der Waals surface area contributed by atoms with Gasteiger partial charge in [-0.2, -0.15) is 13.5 Å². The number of hydrogen-bond donors (Lipinski definition) is 1. The van der Waals surface area contributed by atoms with Gasteiger partial charge >= 0.3 is 11.9 Å². The van der Waals surface area contributed by atoms with Crippen LogP contribution in [0.2, 0.25) is 0 Å². The van der Waals surface area contributed by atoms with E-state index in [9.17, 15) is 18.0 Å². The predicted octanol–water partition coefficient (Wildman–Crippen LogP) is 5.78. The van der Waals surface area contributed by atoms with Gasteiger partial charge in [-0.15, -0.1) is 0 Å². The number of aryl methyl sites for hydroxylation is 1. The van der Waals surface area contributed by atoms with Crippen molar-refractivity contribution in [1.29, 1.82) is 0 Å². The predicted molar refractivity (Wildman–Crippen MR) is 160 cm³/mol. The van der Waals surface area contributed by atoms with Crippen LogP contribution in [0, 0.1) is 12.8 Å². The third-order valence-corrected chi connectivity index (χ3v) is 8.43. The average molecular weight is 591 g/mol. The number of rotatable bonds is 13. The van der Waals surface area contributed by atoms with Crippen molar-refractivity contribution in [2.24, 2.45) is 11.0 Å². The van der Waals surface area contributed by atoms with Crippen LogP contribution in [-0.2, 0) is 33.8 Å². The van der Waals surface area contributed by atoms with Crippen molar-refractivity contribution in [2.45, 2.75) is 104 Å². The second-order valence-corrected chi connectivity index (χ2v) is 12.9. The molecule has 0 amide bonds. The highest BCUT2D eigenvalue weighted by Crippen LogP contribution is 2.34. The maximum absolute atomic E-state index is 12.8. The third-order valence-electron chi connectivity index (χ3n) is 7.20. The van der Waals surface area contributed by atoms with Crippen LogP contribution < -0.4 is 4.83 Å². The Bertz CT molecular complexity index is 1230. The summed E-state index contributed by atoms with van der Waals surface area (Å²) in [6.45, 7) is 13.2. The van der Waals surface area contributed by atoms with Crippen molar-refractivity contribution in [3.63, 3.8) is 0 Å². The Morgan fingerprint density at radius 1 is 1.17 bits per heavy atom. The highest BCUT2D eigenvalue weighted by atomic mass is 32.2. The van der Waals surface area contributed by atoms with E-state index >= 15 is 0 Å². The Morgan fingerprint density at radius 3 is 2.46 bits per heavy atom. The topological polar surface area (TPSA) is 120 Å². The van der Waals surface area contributed by atoms with Gasteiger partial charge in [0.05, 0.1) is 11.5 Å².